The highest BCUT2D eigenvalue weighted by molar-refractivity contribution is 6.01. The van der Waals surface area contributed by atoms with E-state index in [1.165, 1.54) is 14.2 Å². The summed E-state index contributed by atoms with van der Waals surface area (Å²) in [5, 5.41) is 15.0. The fraction of sp³-hybridized carbons (Fsp3) is 0.523. The third kappa shape index (κ3) is 9.18. The number of aromatic amines is 1. The lowest BCUT2D eigenvalue weighted by Crippen LogP contribution is -2.62. The minimum atomic E-state index is -1.15. The Kier molecular flexibility index (Phi) is 13.6. The van der Waals surface area contributed by atoms with Gasteiger partial charge in [0, 0.05) is 49.7 Å². The molecule has 3 saturated heterocycles. The number of benzene rings is 2. The number of carbonyl (C=O) groups is 6. The van der Waals surface area contributed by atoms with Gasteiger partial charge in [-0.2, -0.15) is 0 Å². The lowest BCUT2D eigenvalue weighted by molar-refractivity contribution is -0.149. The fourth-order valence-electron chi connectivity index (χ4n) is 8.94. The Labute approximate surface area is 350 Å². The maximum absolute atomic E-state index is 14.1. The number of hydrogen-bond acceptors (Lipinski definition) is 9. The topological polar surface area (TPSA) is 204 Å². The number of H-pyrrole nitrogens is 1. The monoisotopic (exact) mass is 827 g/mol. The number of aromatic nitrogens is 2. The van der Waals surface area contributed by atoms with E-state index in [2.05, 4.69) is 15.6 Å². The molecule has 1 aromatic heterocycles. The van der Waals surface area contributed by atoms with Gasteiger partial charge >= 0.3 is 12.2 Å². The van der Waals surface area contributed by atoms with E-state index in [4.69, 9.17) is 14.5 Å². The molecule has 0 saturated carbocycles. The van der Waals surface area contributed by atoms with E-state index >= 15 is 0 Å². The predicted octanol–water partition coefficient (Wildman–Crippen LogP) is 5.26. The van der Waals surface area contributed by atoms with E-state index in [0.29, 0.717) is 62.5 Å². The van der Waals surface area contributed by atoms with E-state index in [9.17, 15) is 33.9 Å². The number of rotatable bonds is 13. The first kappa shape index (κ1) is 43.8. The molecule has 3 aromatic rings. The number of likely N-dealkylation sites (tertiary alicyclic amines) is 2. The zero-order chi connectivity index (χ0) is 43.3. The van der Waals surface area contributed by atoms with Crippen LogP contribution >= 0.6 is 0 Å². The van der Waals surface area contributed by atoms with Crippen LogP contribution in [0.5, 0.6) is 0 Å². The second-order valence-electron chi connectivity index (χ2n) is 16.7. The number of carboxylic acid groups (broad SMARTS) is 1. The van der Waals surface area contributed by atoms with Gasteiger partial charge < -0.3 is 40.0 Å². The largest absolute Gasteiger partial charge is 0.465 e. The molecule has 6 rings (SSSR count). The molecule has 0 bridgehead atoms. The van der Waals surface area contributed by atoms with Crippen molar-refractivity contribution in [1.82, 2.24) is 35.3 Å². The predicted molar refractivity (Wildman–Crippen MR) is 222 cm³/mol. The van der Waals surface area contributed by atoms with Crippen molar-refractivity contribution in [2.24, 2.45) is 11.8 Å². The number of alkyl carbamates (subject to hydrolysis) is 1. The Morgan fingerprint density at radius 3 is 2.15 bits per heavy atom. The number of ether oxygens (including phenoxy) is 2. The minimum absolute atomic E-state index is 0.197. The molecule has 0 aliphatic carbocycles. The average Bonchev–Trinajstić information content (AvgIpc) is 4.01. The zero-order valence-electron chi connectivity index (χ0n) is 35.2. The quantitative estimate of drug-likeness (QED) is 0.165. The summed E-state index contributed by atoms with van der Waals surface area (Å²) in [4.78, 5) is 91.2. The van der Waals surface area contributed by atoms with Crippen LogP contribution in [0, 0.1) is 11.8 Å². The van der Waals surface area contributed by atoms with Gasteiger partial charge in [-0.1, -0.05) is 76.2 Å². The third-order valence-electron chi connectivity index (χ3n) is 12.3. The molecule has 1 unspecified atom stereocenters. The Morgan fingerprint density at radius 2 is 1.55 bits per heavy atom. The number of nitrogens with one attached hydrogen (secondary N) is 3. The number of Topliss-reactive ketones (excluding diaryl/α,β-unsaturated/α-hetero) is 1. The molecule has 3 aliphatic rings. The third-order valence-corrected chi connectivity index (χ3v) is 12.3. The van der Waals surface area contributed by atoms with Crippen LogP contribution in [0.3, 0.4) is 0 Å². The van der Waals surface area contributed by atoms with Crippen molar-refractivity contribution in [3.63, 3.8) is 0 Å². The van der Waals surface area contributed by atoms with Crippen LogP contribution < -0.4 is 10.6 Å². The number of amides is 5. The molecule has 60 heavy (non-hydrogen) atoms. The van der Waals surface area contributed by atoms with Crippen molar-refractivity contribution in [1.29, 1.82) is 0 Å². The van der Waals surface area contributed by atoms with Gasteiger partial charge in [-0.05, 0) is 61.5 Å². The van der Waals surface area contributed by atoms with Crippen LogP contribution in [-0.2, 0) is 23.9 Å². The van der Waals surface area contributed by atoms with Gasteiger partial charge in [0.2, 0.25) is 17.7 Å². The first-order chi connectivity index (χ1) is 28.6. The maximum atomic E-state index is 14.1. The minimum Gasteiger partial charge on any atom is -0.465 e. The fourth-order valence-corrected chi connectivity index (χ4v) is 8.94. The van der Waals surface area contributed by atoms with Gasteiger partial charge in [-0.25, -0.2) is 14.6 Å². The summed E-state index contributed by atoms with van der Waals surface area (Å²) in [6.45, 7) is 8.53. The van der Waals surface area contributed by atoms with Gasteiger partial charge in [-0.3, -0.25) is 24.1 Å². The second kappa shape index (κ2) is 18.7. The molecule has 4 heterocycles. The molecule has 322 valence electrons. The lowest BCUT2D eigenvalue weighted by Gasteiger charge is -2.45. The molecule has 1 spiro atoms. The molecule has 16 heteroatoms. The van der Waals surface area contributed by atoms with Crippen LogP contribution in [0.2, 0.25) is 0 Å². The number of methoxy groups -OCH3 is 1. The Balaban J connectivity index is 1.08. The van der Waals surface area contributed by atoms with E-state index in [-0.39, 0.29) is 42.0 Å². The van der Waals surface area contributed by atoms with Crippen LogP contribution in [0.25, 0.3) is 22.4 Å². The molecular weight excluding hydrogens is 771 g/mol. The number of nitrogens with zero attached hydrogens (tertiary/aromatic N) is 4. The summed E-state index contributed by atoms with van der Waals surface area (Å²) in [5.41, 5.74) is 3.24. The first-order valence-electron chi connectivity index (χ1n) is 20.7. The first-order valence-corrected chi connectivity index (χ1v) is 20.7. The van der Waals surface area contributed by atoms with E-state index in [1.54, 1.807) is 21.9 Å². The number of imidazole rings is 1. The van der Waals surface area contributed by atoms with Gasteiger partial charge in [-0.15, -0.1) is 0 Å². The van der Waals surface area contributed by atoms with Gasteiger partial charge in [0.05, 0.1) is 25.4 Å². The Hall–Kier alpha value is -5.77. The van der Waals surface area contributed by atoms with E-state index < -0.39 is 41.8 Å². The molecular formula is C44H57N7O9. The molecule has 4 N–H and O–H groups in total. The van der Waals surface area contributed by atoms with E-state index in [1.807, 2.05) is 70.3 Å². The van der Waals surface area contributed by atoms with E-state index in [0.717, 1.165) is 34.4 Å². The van der Waals surface area contributed by atoms with Crippen molar-refractivity contribution < 1.29 is 43.3 Å². The Bertz CT molecular complexity index is 2040. The second-order valence-corrected chi connectivity index (χ2v) is 16.7. The van der Waals surface area contributed by atoms with Gasteiger partial charge in [0.15, 0.2) is 5.78 Å². The molecule has 5 amide bonds. The Morgan fingerprint density at radius 1 is 0.917 bits per heavy atom. The molecule has 3 fully saturated rings. The zero-order valence-corrected chi connectivity index (χ0v) is 35.2. The molecule has 3 aliphatic heterocycles. The number of likely N-dealkylation sites (N-methyl/N-ethyl adjacent to an activating group) is 1. The summed E-state index contributed by atoms with van der Waals surface area (Å²) in [6.07, 6.45) is 3.63. The summed E-state index contributed by atoms with van der Waals surface area (Å²) in [5.74, 6) is -1.08. The number of carbonyl (C=O) groups excluding carboxylic acids is 5. The number of hydrogen-bond donors (Lipinski definition) is 4. The van der Waals surface area contributed by atoms with Crippen LogP contribution in [-0.4, -0.2) is 130 Å². The normalized spacial score (nSPS) is 19.6. The average molecular weight is 828 g/mol. The SMILES string of the molecule is COC(=O)N[C@H](C(=O)N1C(C(=O)NCC(=O)c2ccc(-c3ccc(-c4c[nH]c([C@@H]5CCCN5C(=O)[C@H](C(C)C)N(C)C(=O)O)n4)cc3)cc2)CCC12CCOCC2)C(C)C. The van der Waals surface area contributed by atoms with Crippen LogP contribution in [0.4, 0.5) is 9.59 Å². The van der Waals surface area contributed by atoms with Crippen molar-refractivity contribution in [2.45, 2.75) is 95.9 Å². The van der Waals surface area contributed by atoms with Crippen LogP contribution in [0.1, 0.15) is 88.4 Å². The van der Waals surface area contributed by atoms with Crippen molar-refractivity contribution in [3.8, 4) is 22.4 Å². The molecule has 4 atom stereocenters. The summed E-state index contributed by atoms with van der Waals surface area (Å²) in [6, 6.07) is 12.2. The highest BCUT2D eigenvalue weighted by Gasteiger charge is 2.53. The molecule has 0 radical (unpaired) electrons. The molecule has 2 aromatic carbocycles. The maximum Gasteiger partial charge on any atom is 0.407 e. The van der Waals surface area contributed by atoms with Crippen molar-refractivity contribution in [3.05, 3.63) is 66.1 Å². The van der Waals surface area contributed by atoms with Crippen molar-refractivity contribution >= 4 is 35.7 Å². The standard InChI is InChI=1S/C44H57N7O9/c1-26(2)36(48-42(56)59-6)40(54)51-34(17-18-44(51)19-22-60-23-20-44)39(53)46-25-35(52)31-15-11-29(12-16-31)28-9-13-30(14-10-28)32-24-45-38(47-32)33-8-7-21-50(33)41(55)37(27(3)4)49(5)43(57)58/h9-16,24,26-27,33-34,36-37H,7-8,17-23,25H2,1-6H3,(H,45,47)(H,46,53)(H,48,56)(H,57,58)/t33-,34?,36-,37-/m0/s1. The molecule has 16 nitrogen and oxygen atoms in total. The summed E-state index contributed by atoms with van der Waals surface area (Å²) >= 11 is 0. The van der Waals surface area contributed by atoms with Crippen LogP contribution in [0.15, 0.2) is 54.7 Å². The smallest absolute Gasteiger partial charge is 0.407 e. The lowest BCUT2D eigenvalue weighted by atomic mass is 9.86. The highest BCUT2D eigenvalue weighted by atomic mass is 16.5. The van der Waals surface area contributed by atoms with Gasteiger partial charge in [0.1, 0.15) is 23.9 Å². The summed E-state index contributed by atoms with van der Waals surface area (Å²) in [7, 11) is 2.66. The summed E-state index contributed by atoms with van der Waals surface area (Å²) < 4.78 is 10.4. The highest BCUT2D eigenvalue weighted by Crippen LogP contribution is 2.42. The number of ketones is 1. The van der Waals surface area contributed by atoms with Crippen molar-refractivity contribution in [2.75, 3.05) is 40.5 Å². The van der Waals surface area contributed by atoms with Gasteiger partial charge in [0.25, 0.3) is 0 Å².